The number of piperidine rings is 1. The number of carbonyl (C=O) groups excluding carboxylic acids is 1. The maximum absolute atomic E-state index is 14.1. The van der Waals surface area contributed by atoms with E-state index in [2.05, 4.69) is 20.3 Å². The maximum atomic E-state index is 14.1. The molecule has 2 aromatic heterocycles. The highest BCUT2D eigenvalue weighted by atomic mass is 19.1. The normalized spacial score (nSPS) is 16.3. The summed E-state index contributed by atoms with van der Waals surface area (Å²) in [6.07, 6.45) is 5.62. The molecule has 8 nitrogen and oxygen atoms in total. The van der Waals surface area contributed by atoms with E-state index in [1.54, 1.807) is 24.4 Å². The Balaban J connectivity index is 1.62. The van der Waals surface area contributed by atoms with Crippen molar-refractivity contribution >= 4 is 23.0 Å². The average molecular weight is 408 g/mol. The number of carbonyl (C=O) groups is 1. The number of aliphatic hydroxyl groups excluding tert-OH is 1. The van der Waals surface area contributed by atoms with Crippen LogP contribution in [0.2, 0.25) is 0 Å². The van der Waals surface area contributed by atoms with Gasteiger partial charge in [0, 0.05) is 19.3 Å². The Morgan fingerprint density at radius 1 is 1.27 bits per heavy atom. The van der Waals surface area contributed by atoms with E-state index in [9.17, 15) is 14.3 Å². The summed E-state index contributed by atoms with van der Waals surface area (Å²) in [6.45, 7) is 1.23. The van der Waals surface area contributed by atoms with Gasteiger partial charge >= 0.3 is 0 Å². The Morgan fingerprint density at radius 2 is 2.10 bits per heavy atom. The number of aliphatic hydroxyl groups is 1. The van der Waals surface area contributed by atoms with Crippen LogP contribution in [0.1, 0.15) is 23.3 Å². The number of pyridine rings is 1. The van der Waals surface area contributed by atoms with Gasteiger partial charge in [0.25, 0.3) is 5.91 Å². The molecule has 0 bridgehead atoms. The second-order valence-corrected chi connectivity index (χ2v) is 7.07. The van der Waals surface area contributed by atoms with Gasteiger partial charge in [-0.25, -0.2) is 14.4 Å². The van der Waals surface area contributed by atoms with Crippen LogP contribution >= 0.6 is 0 Å². The number of nitrogens with zero attached hydrogens (tertiary/aromatic N) is 4. The highest BCUT2D eigenvalue weighted by molar-refractivity contribution is 6.07. The van der Waals surface area contributed by atoms with Gasteiger partial charge in [0.05, 0.1) is 41.1 Å². The highest BCUT2D eigenvalue weighted by Gasteiger charge is 2.22. The van der Waals surface area contributed by atoms with Crippen LogP contribution < -0.4 is 16.0 Å². The van der Waals surface area contributed by atoms with Crippen molar-refractivity contribution in [2.45, 2.75) is 18.9 Å². The number of nitrogens with one attached hydrogen (secondary N) is 1. The van der Waals surface area contributed by atoms with Crippen LogP contribution in [0, 0.1) is 5.82 Å². The minimum Gasteiger partial charge on any atom is -0.396 e. The molecule has 0 saturated carbocycles. The summed E-state index contributed by atoms with van der Waals surface area (Å²) in [5, 5.41) is 12.8. The molecule has 4 rings (SSSR count). The Morgan fingerprint density at radius 3 is 2.90 bits per heavy atom. The predicted molar refractivity (Wildman–Crippen MR) is 111 cm³/mol. The molecule has 1 amide bonds. The van der Waals surface area contributed by atoms with E-state index in [0.717, 1.165) is 25.1 Å². The number of anilines is 3. The Labute approximate surface area is 172 Å². The summed E-state index contributed by atoms with van der Waals surface area (Å²) < 4.78 is 14.1. The van der Waals surface area contributed by atoms with Gasteiger partial charge in [-0.3, -0.25) is 9.78 Å². The molecule has 1 aromatic carbocycles. The summed E-state index contributed by atoms with van der Waals surface area (Å²) in [5.41, 5.74) is 7.34. The summed E-state index contributed by atoms with van der Waals surface area (Å²) in [7, 11) is 0. The van der Waals surface area contributed by atoms with E-state index in [4.69, 9.17) is 5.73 Å². The number of hydrogen-bond acceptors (Lipinski definition) is 7. The lowest BCUT2D eigenvalue weighted by Crippen LogP contribution is -2.38. The minimum atomic E-state index is -0.556. The zero-order valence-electron chi connectivity index (χ0n) is 16.1. The second kappa shape index (κ2) is 8.42. The van der Waals surface area contributed by atoms with Crippen molar-refractivity contribution in [2.24, 2.45) is 0 Å². The van der Waals surface area contributed by atoms with E-state index in [1.165, 1.54) is 24.5 Å². The fourth-order valence-electron chi connectivity index (χ4n) is 3.46. The molecule has 3 aromatic rings. The van der Waals surface area contributed by atoms with E-state index in [0.29, 0.717) is 12.2 Å². The van der Waals surface area contributed by atoms with E-state index in [-0.39, 0.29) is 22.8 Å². The lowest BCUT2D eigenvalue weighted by atomic mass is 10.1. The van der Waals surface area contributed by atoms with Crippen molar-refractivity contribution in [2.75, 3.05) is 29.0 Å². The molecule has 4 N–H and O–H groups in total. The third-order valence-electron chi connectivity index (χ3n) is 4.93. The monoisotopic (exact) mass is 408 g/mol. The van der Waals surface area contributed by atoms with E-state index in [1.807, 2.05) is 4.90 Å². The summed E-state index contributed by atoms with van der Waals surface area (Å²) >= 11 is 0. The molecule has 0 unspecified atom stereocenters. The number of rotatable bonds is 4. The molecule has 1 aliphatic rings. The van der Waals surface area contributed by atoms with E-state index >= 15 is 0 Å². The first kappa shape index (κ1) is 19.7. The van der Waals surface area contributed by atoms with Crippen LogP contribution in [0.5, 0.6) is 0 Å². The number of nitrogen functional groups attached to an aromatic ring is 1. The zero-order valence-corrected chi connectivity index (χ0v) is 16.1. The van der Waals surface area contributed by atoms with Crippen molar-refractivity contribution in [1.82, 2.24) is 15.0 Å². The molecule has 1 fully saturated rings. The first-order valence-electron chi connectivity index (χ1n) is 9.58. The smallest absolute Gasteiger partial charge is 0.276 e. The molecular formula is C21H21FN6O2. The number of amides is 1. The SMILES string of the molecule is Nc1cnc(-c2ccccc2F)nc1C(=O)Nc1cnccc1N1CCC[C@H](O)C1. The first-order chi connectivity index (χ1) is 14.5. The van der Waals surface area contributed by atoms with Gasteiger partial charge in [-0.1, -0.05) is 12.1 Å². The molecule has 0 radical (unpaired) electrons. The van der Waals surface area contributed by atoms with Gasteiger partial charge in [-0.2, -0.15) is 0 Å². The molecule has 9 heteroatoms. The van der Waals surface area contributed by atoms with Crippen molar-refractivity contribution in [3.63, 3.8) is 0 Å². The van der Waals surface area contributed by atoms with Gasteiger partial charge in [-0.15, -0.1) is 0 Å². The molecule has 1 aliphatic heterocycles. The van der Waals surface area contributed by atoms with Gasteiger partial charge in [0.2, 0.25) is 0 Å². The molecule has 0 spiro atoms. The largest absolute Gasteiger partial charge is 0.396 e. The Hall–Kier alpha value is -3.59. The molecule has 1 atom stereocenters. The van der Waals surface area contributed by atoms with Gasteiger partial charge in [0.15, 0.2) is 11.5 Å². The quantitative estimate of drug-likeness (QED) is 0.607. The lowest BCUT2D eigenvalue weighted by molar-refractivity contribution is 0.102. The Bertz CT molecular complexity index is 1080. The van der Waals surface area contributed by atoms with Crippen LogP contribution in [0.15, 0.2) is 48.9 Å². The zero-order chi connectivity index (χ0) is 21.1. The average Bonchev–Trinajstić information content (AvgIpc) is 2.75. The van der Waals surface area contributed by atoms with Crippen LogP contribution in [0.25, 0.3) is 11.4 Å². The van der Waals surface area contributed by atoms with Gasteiger partial charge < -0.3 is 21.1 Å². The lowest BCUT2D eigenvalue weighted by Gasteiger charge is -2.33. The highest BCUT2D eigenvalue weighted by Crippen LogP contribution is 2.28. The fraction of sp³-hybridized carbons (Fsp3) is 0.238. The Kier molecular flexibility index (Phi) is 5.53. The van der Waals surface area contributed by atoms with Crippen LogP contribution in [0.3, 0.4) is 0 Å². The van der Waals surface area contributed by atoms with Crippen LogP contribution in [-0.4, -0.2) is 45.2 Å². The maximum Gasteiger partial charge on any atom is 0.276 e. The van der Waals surface area contributed by atoms with Crippen LogP contribution in [0.4, 0.5) is 21.5 Å². The molecule has 154 valence electrons. The standard InChI is InChI=1S/C21H21FN6O2/c22-15-6-2-1-5-14(15)20-25-10-16(23)19(27-20)21(30)26-17-11-24-8-7-18(17)28-9-3-4-13(29)12-28/h1-2,5-8,10-11,13,29H,3-4,9,12,23H2,(H,26,30)/t13-/m0/s1. The number of aromatic nitrogens is 3. The second-order valence-electron chi connectivity index (χ2n) is 7.07. The number of nitrogens with two attached hydrogens (primary N) is 1. The third-order valence-corrected chi connectivity index (χ3v) is 4.93. The molecule has 0 aliphatic carbocycles. The first-order valence-corrected chi connectivity index (χ1v) is 9.58. The molecule has 3 heterocycles. The minimum absolute atomic E-state index is 0.0586. The van der Waals surface area contributed by atoms with Crippen LogP contribution in [-0.2, 0) is 0 Å². The number of β-amino-alcohol motifs (C(OH)–C–C–N with tert-alkyl or cyclic N) is 1. The van der Waals surface area contributed by atoms with Gasteiger partial charge in [-0.05, 0) is 31.0 Å². The number of benzene rings is 1. The van der Waals surface area contributed by atoms with Crippen molar-refractivity contribution in [3.05, 3.63) is 60.4 Å². The summed E-state index contributed by atoms with van der Waals surface area (Å²) in [6, 6.07) is 7.83. The summed E-state index contributed by atoms with van der Waals surface area (Å²) in [4.78, 5) is 27.3. The molecule has 1 saturated heterocycles. The van der Waals surface area contributed by atoms with Crippen molar-refractivity contribution in [1.29, 1.82) is 0 Å². The molecule has 30 heavy (non-hydrogen) atoms. The van der Waals surface area contributed by atoms with E-state index < -0.39 is 17.8 Å². The van der Waals surface area contributed by atoms with Crippen molar-refractivity contribution in [3.8, 4) is 11.4 Å². The van der Waals surface area contributed by atoms with Crippen molar-refractivity contribution < 1.29 is 14.3 Å². The fourth-order valence-corrected chi connectivity index (χ4v) is 3.46. The summed E-state index contributed by atoms with van der Waals surface area (Å²) in [5.74, 6) is -0.982. The number of halogens is 1. The third kappa shape index (κ3) is 4.06. The predicted octanol–water partition coefficient (Wildman–Crippen LogP) is 2.47. The molecular weight excluding hydrogens is 387 g/mol. The topological polar surface area (TPSA) is 117 Å². The number of hydrogen-bond donors (Lipinski definition) is 3. The van der Waals surface area contributed by atoms with Gasteiger partial charge in [0.1, 0.15) is 5.82 Å².